The number of hydrogen-bond acceptors (Lipinski definition) is 3. The number of nitrogens with one attached hydrogen (secondary N) is 1. The summed E-state index contributed by atoms with van der Waals surface area (Å²) >= 11 is 0. The van der Waals surface area contributed by atoms with Gasteiger partial charge in [-0.1, -0.05) is 0 Å². The first-order chi connectivity index (χ1) is 9.93. The monoisotopic (exact) mass is 294 g/mol. The van der Waals surface area contributed by atoms with Crippen molar-refractivity contribution in [3.63, 3.8) is 0 Å². The second-order valence-electron chi connectivity index (χ2n) is 4.78. The first-order valence-corrected chi connectivity index (χ1v) is 6.34. The minimum Gasteiger partial charge on any atom is -0.343 e. The molecule has 0 atom stereocenters. The smallest absolute Gasteiger partial charge is 0.273 e. The molecule has 0 saturated carbocycles. The van der Waals surface area contributed by atoms with Crippen LogP contribution in [0.1, 0.15) is 16.1 Å². The van der Waals surface area contributed by atoms with E-state index in [-0.39, 0.29) is 17.3 Å². The van der Waals surface area contributed by atoms with Gasteiger partial charge in [-0.15, -0.1) is 0 Å². The van der Waals surface area contributed by atoms with Crippen molar-refractivity contribution in [3.8, 4) is 5.69 Å². The minimum atomic E-state index is -0.729. The van der Waals surface area contributed by atoms with Gasteiger partial charge in [0.1, 0.15) is 5.69 Å². The Balaban J connectivity index is 2.41. The molecule has 0 spiro atoms. The van der Waals surface area contributed by atoms with Crippen LogP contribution in [0.3, 0.4) is 0 Å². The fraction of sp³-hybridized carbons (Fsp3) is 0.286. The molecule has 1 N–H and O–H groups in total. The second kappa shape index (κ2) is 6.01. The Kier molecular flexibility index (Phi) is 4.32. The average Bonchev–Trinajstić information content (AvgIpc) is 2.86. The van der Waals surface area contributed by atoms with Crippen LogP contribution in [0.5, 0.6) is 0 Å². The number of nitrogens with zero attached hydrogens (tertiary/aromatic N) is 3. The van der Waals surface area contributed by atoms with E-state index >= 15 is 0 Å². The van der Waals surface area contributed by atoms with Crippen molar-refractivity contribution in [2.24, 2.45) is 0 Å². The summed E-state index contributed by atoms with van der Waals surface area (Å²) in [7, 11) is 4.85. The molecule has 112 valence electrons. The highest BCUT2D eigenvalue weighted by atomic mass is 19.1. The predicted octanol–water partition coefficient (Wildman–Crippen LogP) is 1.57. The molecular formula is C14H16F2N4O. The predicted molar refractivity (Wildman–Crippen MR) is 74.3 cm³/mol. The summed E-state index contributed by atoms with van der Waals surface area (Å²) < 4.78 is 29.2. The first-order valence-electron chi connectivity index (χ1n) is 6.34. The zero-order chi connectivity index (χ0) is 15.6. The Morgan fingerprint density at radius 1 is 1.33 bits per heavy atom. The van der Waals surface area contributed by atoms with Crippen LogP contribution < -0.4 is 5.32 Å². The molecule has 0 unspecified atom stereocenters. The van der Waals surface area contributed by atoms with E-state index in [0.717, 1.165) is 4.68 Å². The molecule has 5 nitrogen and oxygen atoms in total. The molecule has 1 heterocycles. The fourth-order valence-corrected chi connectivity index (χ4v) is 1.93. The van der Waals surface area contributed by atoms with E-state index in [1.807, 2.05) is 0 Å². The SMILES string of the molecule is CNCc1cc(F)c(-n2ccc(C(=O)N(C)C)n2)c(F)c1. The maximum absolute atomic E-state index is 14.1. The molecule has 0 bridgehead atoms. The van der Waals surface area contributed by atoms with Gasteiger partial charge in [-0.3, -0.25) is 4.79 Å². The molecule has 0 saturated heterocycles. The Morgan fingerprint density at radius 2 is 1.95 bits per heavy atom. The largest absolute Gasteiger partial charge is 0.343 e. The van der Waals surface area contributed by atoms with Gasteiger partial charge in [0.2, 0.25) is 0 Å². The van der Waals surface area contributed by atoms with Crippen LogP contribution in [0.2, 0.25) is 0 Å². The molecule has 0 aliphatic rings. The Morgan fingerprint density at radius 3 is 2.48 bits per heavy atom. The molecule has 21 heavy (non-hydrogen) atoms. The normalized spacial score (nSPS) is 10.7. The lowest BCUT2D eigenvalue weighted by atomic mass is 10.2. The van der Waals surface area contributed by atoms with Crippen LogP contribution in [0.4, 0.5) is 8.78 Å². The van der Waals surface area contributed by atoms with Gasteiger partial charge in [-0.05, 0) is 30.8 Å². The van der Waals surface area contributed by atoms with Crippen LogP contribution in [0, 0.1) is 11.6 Å². The van der Waals surface area contributed by atoms with Crippen molar-refractivity contribution >= 4 is 5.91 Å². The van der Waals surface area contributed by atoms with Gasteiger partial charge in [0.25, 0.3) is 5.91 Å². The molecule has 0 aliphatic heterocycles. The number of hydrogen-bond donors (Lipinski definition) is 1. The van der Waals surface area contributed by atoms with Gasteiger partial charge < -0.3 is 10.2 Å². The molecule has 0 aliphatic carbocycles. The van der Waals surface area contributed by atoms with Crippen LogP contribution in [-0.2, 0) is 6.54 Å². The molecular weight excluding hydrogens is 278 g/mol. The fourth-order valence-electron chi connectivity index (χ4n) is 1.93. The number of carbonyl (C=O) groups excluding carboxylic acids is 1. The van der Waals surface area contributed by atoms with Crippen molar-refractivity contribution < 1.29 is 13.6 Å². The Bertz CT molecular complexity index is 644. The zero-order valence-electron chi connectivity index (χ0n) is 12.0. The summed E-state index contributed by atoms with van der Waals surface area (Å²) in [6.45, 7) is 0.359. The van der Waals surface area contributed by atoms with E-state index in [9.17, 15) is 13.6 Å². The first kappa shape index (κ1) is 15.1. The number of amides is 1. The molecule has 7 heteroatoms. The maximum atomic E-state index is 14.1. The third-order valence-electron chi connectivity index (χ3n) is 2.90. The Labute approximate surface area is 121 Å². The van der Waals surface area contributed by atoms with Gasteiger partial charge in [0.15, 0.2) is 17.3 Å². The summed E-state index contributed by atoms with van der Waals surface area (Å²) in [5.74, 6) is -1.79. The molecule has 2 rings (SSSR count). The van der Waals surface area contributed by atoms with Gasteiger partial charge in [-0.2, -0.15) is 5.10 Å². The van der Waals surface area contributed by atoms with Crippen molar-refractivity contribution in [1.82, 2.24) is 20.0 Å². The number of aromatic nitrogens is 2. The molecule has 1 aromatic heterocycles. The molecule has 2 aromatic rings. The van der Waals surface area contributed by atoms with E-state index in [1.165, 1.54) is 29.3 Å². The van der Waals surface area contributed by atoms with Crippen molar-refractivity contribution in [1.29, 1.82) is 0 Å². The van der Waals surface area contributed by atoms with Crippen molar-refractivity contribution in [2.75, 3.05) is 21.1 Å². The lowest BCUT2D eigenvalue weighted by Gasteiger charge is -2.09. The maximum Gasteiger partial charge on any atom is 0.273 e. The number of carbonyl (C=O) groups is 1. The average molecular weight is 294 g/mol. The molecule has 1 amide bonds. The van der Waals surface area contributed by atoms with Gasteiger partial charge >= 0.3 is 0 Å². The number of halogens is 2. The van der Waals surface area contributed by atoms with E-state index in [0.29, 0.717) is 12.1 Å². The second-order valence-corrected chi connectivity index (χ2v) is 4.78. The zero-order valence-corrected chi connectivity index (χ0v) is 12.0. The molecule has 0 fully saturated rings. The van der Waals surface area contributed by atoms with E-state index < -0.39 is 11.6 Å². The van der Waals surface area contributed by atoms with Crippen LogP contribution in [0.15, 0.2) is 24.4 Å². The highest BCUT2D eigenvalue weighted by Crippen LogP contribution is 2.19. The quantitative estimate of drug-likeness (QED) is 0.931. The minimum absolute atomic E-state index is 0.123. The van der Waals surface area contributed by atoms with E-state index in [1.54, 1.807) is 21.1 Å². The lowest BCUT2D eigenvalue weighted by molar-refractivity contribution is 0.0821. The van der Waals surface area contributed by atoms with Crippen molar-refractivity contribution in [3.05, 3.63) is 47.3 Å². The van der Waals surface area contributed by atoms with E-state index in [2.05, 4.69) is 10.4 Å². The van der Waals surface area contributed by atoms with Crippen LogP contribution >= 0.6 is 0 Å². The summed E-state index contributed by atoms with van der Waals surface area (Å²) in [6, 6.07) is 3.90. The third kappa shape index (κ3) is 3.08. The summed E-state index contributed by atoms with van der Waals surface area (Å²) in [5.41, 5.74) is 0.318. The Hall–Kier alpha value is -2.28. The van der Waals surface area contributed by atoms with Crippen LogP contribution in [-0.4, -0.2) is 41.7 Å². The van der Waals surface area contributed by atoms with Gasteiger partial charge in [0.05, 0.1) is 0 Å². The standard InChI is InChI=1S/C14H16F2N4O/c1-17-8-9-6-10(15)13(11(16)7-9)20-5-4-12(18-20)14(21)19(2)3/h4-7,17H,8H2,1-3H3. The van der Waals surface area contributed by atoms with Gasteiger partial charge in [0, 0.05) is 26.8 Å². The van der Waals surface area contributed by atoms with Crippen molar-refractivity contribution in [2.45, 2.75) is 6.54 Å². The highest BCUT2D eigenvalue weighted by Gasteiger charge is 2.17. The number of benzene rings is 1. The summed E-state index contributed by atoms with van der Waals surface area (Å²) in [5, 5.41) is 6.75. The lowest BCUT2D eigenvalue weighted by Crippen LogP contribution is -2.22. The molecule has 1 aromatic carbocycles. The molecule has 0 radical (unpaired) electrons. The van der Waals surface area contributed by atoms with Gasteiger partial charge in [-0.25, -0.2) is 13.5 Å². The van der Waals surface area contributed by atoms with E-state index in [4.69, 9.17) is 0 Å². The summed E-state index contributed by atoms with van der Waals surface area (Å²) in [6.07, 6.45) is 1.36. The summed E-state index contributed by atoms with van der Waals surface area (Å²) in [4.78, 5) is 13.1. The van der Waals surface area contributed by atoms with Crippen LogP contribution in [0.25, 0.3) is 5.69 Å². The number of rotatable bonds is 4. The highest BCUT2D eigenvalue weighted by molar-refractivity contribution is 5.91. The third-order valence-corrected chi connectivity index (χ3v) is 2.90. The topological polar surface area (TPSA) is 50.2 Å².